The van der Waals surface area contributed by atoms with Gasteiger partial charge in [0.1, 0.15) is 11.5 Å². The molecule has 0 unspecified atom stereocenters. The first-order valence-electron chi connectivity index (χ1n) is 6.23. The maximum atomic E-state index is 12.5. The molecule has 0 aromatic heterocycles. The fraction of sp³-hybridized carbons (Fsp3) is 0.500. The van der Waals surface area contributed by atoms with Crippen molar-refractivity contribution in [1.82, 2.24) is 0 Å². The third-order valence-corrected chi connectivity index (χ3v) is 4.30. The van der Waals surface area contributed by atoms with Crippen LogP contribution < -0.4 is 0 Å². The van der Waals surface area contributed by atoms with Crippen molar-refractivity contribution >= 4 is 5.78 Å². The minimum Gasteiger partial charge on any atom is -0.508 e. The van der Waals surface area contributed by atoms with Gasteiger partial charge in [0.15, 0.2) is 5.78 Å². The van der Waals surface area contributed by atoms with E-state index in [1.807, 2.05) is 0 Å². The molecule has 1 aromatic rings. The minimum absolute atomic E-state index is 0.0187. The number of rotatable bonds is 0. The summed E-state index contributed by atoms with van der Waals surface area (Å²) in [6.07, 6.45) is 5.70. The third kappa shape index (κ3) is 1.38. The van der Waals surface area contributed by atoms with E-state index in [-0.39, 0.29) is 22.7 Å². The summed E-state index contributed by atoms with van der Waals surface area (Å²) in [6.45, 7) is 0. The first-order valence-corrected chi connectivity index (χ1v) is 6.23. The highest BCUT2D eigenvalue weighted by atomic mass is 16.3. The fourth-order valence-corrected chi connectivity index (χ4v) is 3.37. The number of carbonyl (C=O) groups is 1. The molecule has 90 valence electrons. The van der Waals surface area contributed by atoms with E-state index in [9.17, 15) is 15.0 Å². The van der Waals surface area contributed by atoms with Gasteiger partial charge in [0, 0.05) is 11.0 Å². The Hall–Kier alpha value is -1.51. The highest BCUT2D eigenvalue weighted by molar-refractivity contribution is 6.07. The SMILES string of the molecule is O=C1c2c(O)ccc(O)c2CC12CCCCC2. The molecule has 0 radical (unpaired) electrons. The van der Waals surface area contributed by atoms with Gasteiger partial charge in [-0.2, -0.15) is 0 Å². The van der Waals surface area contributed by atoms with Crippen LogP contribution in [0.1, 0.15) is 48.0 Å². The van der Waals surface area contributed by atoms with Gasteiger partial charge in [0.25, 0.3) is 0 Å². The van der Waals surface area contributed by atoms with Crippen LogP contribution in [-0.4, -0.2) is 16.0 Å². The Morgan fingerprint density at radius 2 is 1.65 bits per heavy atom. The molecule has 3 heteroatoms. The van der Waals surface area contributed by atoms with Crippen molar-refractivity contribution in [2.24, 2.45) is 5.41 Å². The largest absolute Gasteiger partial charge is 0.508 e. The smallest absolute Gasteiger partial charge is 0.173 e. The van der Waals surface area contributed by atoms with Gasteiger partial charge in [-0.15, -0.1) is 0 Å². The van der Waals surface area contributed by atoms with Crippen LogP contribution in [0.2, 0.25) is 0 Å². The minimum atomic E-state index is -0.336. The Kier molecular flexibility index (Phi) is 2.18. The Balaban J connectivity index is 2.10. The van der Waals surface area contributed by atoms with E-state index in [1.165, 1.54) is 18.6 Å². The summed E-state index contributed by atoms with van der Waals surface area (Å²) in [7, 11) is 0. The number of aromatic hydroxyl groups is 2. The normalized spacial score (nSPS) is 21.8. The van der Waals surface area contributed by atoms with Gasteiger partial charge >= 0.3 is 0 Å². The summed E-state index contributed by atoms with van der Waals surface area (Å²) in [5.41, 5.74) is 0.681. The number of benzene rings is 1. The van der Waals surface area contributed by atoms with Crippen LogP contribution in [-0.2, 0) is 6.42 Å². The van der Waals surface area contributed by atoms with Gasteiger partial charge in [-0.05, 0) is 31.4 Å². The van der Waals surface area contributed by atoms with E-state index in [1.54, 1.807) is 0 Å². The van der Waals surface area contributed by atoms with Gasteiger partial charge < -0.3 is 10.2 Å². The standard InChI is InChI=1S/C14H16O3/c15-10-4-5-11(16)12-9(10)8-14(13(12)17)6-2-1-3-7-14/h4-5,15-16H,1-3,6-8H2. The zero-order chi connectivity index (χ0) is 12.0. The average Bonchev–Trinajstić information content (AvgIpc) is 2.61. The van der Waals surface area contributed by atoms with Crippen LogP contribution in [0.5, 0.6) is 11.5 Å². The van der Waals surface area contributed by atoms with Crippen molar-refractivity contribution in [1.29, 1.82) is 0 Å². The van der Waals surface area contributed by atoms with Gasteiger partial charge in [0.05, 0.1) is 5.56 Å². The van der Waals surface area contributed by atoms with Crippen molar-refractivity contribution in [3.05, 3.63) is 23.3 Å². The molecule has 1 aromatic carbocycles. The molecule has 0 amide bonds. The maximum Gasteiger partial charge on any atom is 0.173 e. The lowest BCUT2D eigenvalue weighted by Gasteiger charge is -2.31. The van der Waals surface area contributed by atoms with Crippen molar-refractivity contribution in [2.45, 2.75) is 38.5 Å². The van der Waals surface area contributed by atoms with Gasteiger partial charge in [-0.3, -0.25) is 4.79 Å². The second-order valence-corrected chi connectivity index (χ2v) is 5.30. The molecule has 2 aliphatic carbocycles. The fourth-order valence-electron chi connectivity index (χ4n) is 3.37. The summed E-state index contributed by atoms with van der Waals surface area (Å²) in [5, 5.41) is 19.6. The molecule has 1 fully saturated rings. The second-order valence-electron chi connectivity index (χ2n) is 5.30. The lowest BCUT2D eigenvalue weighted by Crippen LogP contribution is -2.30. The Morgan fingerprint density at radius 3 is 2.29 bits per heavy atom. The van der Waals surface area contributed by atoms with E-state index < -0.39 is 0 Å². The summed E-state index contributed by atoms with van der Waals surface area (Å²) < 4.78 is 0. The van der Waals surface area contributed by atoms with Crippen molar-refractivity contribution in [3.8, 4) is 11.5 Å². The monoisotopic (exact) mass is 232 g/mol. The highest BCUT2D eigenvalue weighted by Gasteiger charge is 2.47. The molecular formula is C14H16O3. The predicted octanol–water partition coefficient (Wildman–Crippen LogP) is 2.79. The van der Waals surface area contributed by atoms with Crippen LogP contribution in [0, 0.1) is 5.41 Å². The summed E-state index contributed by atoms with van der Waals surface area (Å²) >= 11 is 0. The Labute approximate surface area is 100 Å². The topological polar surface area (TPSA) is 57.5 Å². The molecule has 1 saturated carbocycles. The zero-order valence-electron chi connectivity index (χ0n) is 9.70. The summed E-state index contributed by atoms with van der Waals surface area (Å²) in [6, 6.07) is 2.89. The number of fused-ring (bicyclic) bond motifs is 1. The molecule has 0 bridgehead atoms. The summed E-state index contributed by atoms with van der Waals surface area (Å²) in [5.74, 6) is 0.208. The second kappa shape index (κ2) is 3.49. The molecule has 0 atom stereocenters. The molecule has 0 saturated heterocycles. The van der Waals surface area contributed by atoms with E-state index in [0.29, 0.717) is 17.5 Å². The van der Waals surface area contributed by atoms with Crippen LogP contribution in [0.25, 0.3) is 0 Å². The third-order valence-electron chi connectivity index (χ3n) is 4.30. The van der Waals surface area contributed by atoms with E-state index in [2.05, 4.69) is 0 Å². The molecule has 3 rings (SSSR count). The number of carbonyl (C=O) groups excluding carboxylic acids is 1. The molecule has 0 heterocycles. The van der Waals surface area contributed by atoms with Gasteiger partial charge in [-0.25, -0.2) is 0 Å². The first-order chi connectivity index (χ1) is 8.14. The molecule has 0 aliphatic heterocycles. The average molecular weight is 232 g/mol. The number of hydrogen-bond acceptors (Lipinski definition) is 3. The van der Waals surface area contributed by atoms with Crippen LogP contribution in [0.15, 0.2) is 12.1 Å². The van der Waals surface area contributed by atoms with Crippen molar-refractivity contribution in [3.63, 3.8) is 0 Å². The van der Waals surface area contributed by atoms with E-state index in [4.69, 9.17) is 0 Å². The first kappa shape index (κ1) is 10.6. The number of Topliss-reactive ketones (excluding diaryl/α,β-unsaturated/α-hetero) is 1. The molecule has 17 heavy (non-hydrogen) atoms. The zero-order valence-corrected chi connectivity index (χ0v) is 9.70. The Bertz CT molecular complexity index is 484. The number of ketones is 1. The summed E-state index contributed by atoms with van der Waals surface area (Å²) in [4.78, 5) is 12.5. The lowest BCUT2D eigenvalue weighted by molar-refractivity contribution is 0.0746. The number of phenolic OH excluding ortho intramolecular Hbond substituents is 2. The van der Waals surface area contributed by atoms with Gasteiger partial charge in [0.2, 0.25) is 0 Å². The van der Waals surface area contributed by atoms with Gasteiger partial charge in [-0.1, -0.05) is 19.3 Å². The van der Waals surface area contributed by atoms with Crippen LogP contribution >= 0.6 is 0 Å². The molecule has 2 N–H and O–H groups in total. The van der Waals surface area contributed by atoms with Crippen molar-refractivity contribution in [2.75, 3.05) is 0 Å². The van der Waals surface area contributed by atoms with E-state index >= 15 is 0 Å². The molecule has 2 aliphatic rings. The maximum absolute atomic E-state index is 12.5. The number of phenols is 2. The lowest BCUT2D eigenvalue weighted by atomic mass is 9.71. The molecular weight excluding hydrogens is 216 g/mol. The quantitative estimate of drug-likeness (QED) is 0.676. The molecule has 3 nitrogen and oxygen atoms in total. The Morgan fingerprint density at radius 1 is 1.00 bits per heavy atom. The molecule has 1 spiro atoms. The number of hydrogen-bond donors (Lipinski definition) is 2. The predicted molar refractivity (Wildman–Crippen MR) is 63.3 cm³/mol. The van der Waals surface area contributed by atoms with E-state index in [0.717, 1.165) is 25.7 Å². The van der Waals surface area contributed by atoms with Crippen molar-refractivity contribution < 1.29 is 15.0 Å². The highest BCUT2D eigenvalue weighted by Crippen LogP contribution is 2.51. The van der Waals surface area contributed by atoms with Crippen LogP contribution in [0.3, 0.4) is 0 Å². The van der Waals surface area contributed by atoms with Crippen LogP contribution in [0.4, 0.5) is 0 Å².